The summed E-state index contributed by atoms with van der Waals surface area (Å²) in [5.41, 5.74) is 5.69. The number of anilines is 1. The minimum absolute atomic E-state index is 0.0382. The van der Waals surface area contributed by atoms with Gasteiger partial charge in [-0.15, -0.1) is 0 Å². The number of carbonyl (C=O) groups excluding carboxylic acids is 1. The number of nitrogens with one attached hydrogen (secondary N) is 1. The second-order valence-corrected chi connectivity index (χ2v) is 6.96. The van der Waals surface area contributed by atoms with Gasteiger partial charge >= 0.3 is 0 Å². The minimum atomic E-state index is -0.504. The van der Waals surface area contributed by atoms with Gasteiger partial charge < -0.3 is 0 Å². The van der Waals surface area contributed by atoms with E-state index in [1.54, 1.807) is 4.68 Å². The highest BCUT2D eigenvalue weighted by Gasteiger charge is 2.41. The van der Waals surface area contributed by atoms with Crippen LogP contribution in [0.2, 0.25) is 0 Å². The normalized spacial score (nSPS) is 20.5. The number of aryl methyl sites for hydroxylation is 1. The van der Waals surface area contributed by atoms with Crippen LogP contribution in [0.15, 0.2) is 53.8 Å². The number of benzene rings is 2. The zero-order chi connectivity index (χ0) is 20.0. The number of nitrogens with zero attached hydrogens (tertiary/aromatic N) is 4. The highest BCUT2D eigenvalue weighted by atomic mass is 19.1. The van der Waals surface area contributed by atoms with Gasteiger partial charge in [0.05, 0.1) is 17.3 Å². The first-order chi connectivity index (χ1) is 14.2. The summed E-state index contributed by atoms with van der Waals surface area (Å²) in [6.45, 7) is 2.56. The molecule has 2 unspecified atom stereocenters. The molecule has 0 bridgehead atoms. The highest BCUT2D eigenvalue weighted by Crippen LogP contribution is 2.43. The maximum atomic E-state index is 14.2. The highest BCUT2D eigenvalue weighted by molar-refractivity contribution is 6.20. The smallest absolute Gasteiger partial charge is 0.185 e. The van der Waals surface area contributed by atoms with E-state index >= 15 is 0 Å². The summed E-state index contributed by atoms with van der Waals surface area (Å²) in [7, 11) is 0. The van der Waals surface area contributed by atoms with Crippen molar-refractivity contribution in [2.75, 3.05) is 12.0 Å². The predicted octanol–water partition coefficient (Wildman–Crippen LogP) is 3.30. The standard InChI is InChI=1S/C21H18FN5O2/c1-2-27-21(24-11-25-27)18-19-17-14(16(28)10-23-19)8-13(22)9-15(17)26-29-20(18)12-6-4-3-5-7-12/h3-9,11,18,20,26H,2,10H2,1H3. The number of Topliss-reactive ketones (excluding diaryl/α,β-unsaturated/α-hetero) is 1. The molecule has 3 aromatic rings. The fourth-order valence-electron chi connectivity index (χ4n) is 4.02. The van der Waals surface area contributed by atoms with Gasteiger partial charge in [0.25, 0.3) is 0 Å². The molecule has 2 aromatic carbocycles. The topological polar surface area (TPSA) is 81.4 Å². The monoisotopic (exact) mass is 391 g/mol. The third kappa shape index (κ3) is 2.84. The van der Waals surface area contributed by atoms with Crippen molar-refractivity contribution in [3.63, 3.8) is 0 Å². The molecule has 0 saturated heterocycles. The van der Waals surface area contributed by atoms with Crippen molar-refractivity contribution in [2.45, 2.75) is 25.5 Å². The maximum absolute atomic E-state index is 14.2. The zero-order valence-electron chi connectivity index (χ0n) is 15.7. The number of carbonyl (C=O) groups is 1. The number of hydrogen-bond acceptors (Lipinski definition) is 6. The first-order valence-corrected chi connectivity index (χ1v) is 9.43. The second-order valence-electron chi connectivity index (χ2n) is 6.96. The Balaban J connectivity index is 1.77. The molecule has 1 N–H and O–H groups in total. The average Bonchev–Trinajstić information content (AvgIpc) is 3.14. The van der Waals surface area contributed by atoms with Crippen LogP contribution in [0, 0.1) is 5.82 Å². The van der Waals surface area contributed by atoms with E-state index < -0.39 is 17.8 Å². The molecule has 0 saturated carbocycles. The quantitative estimate of drug-likeness (QED) is 0.741. The van der Waals surface area contributed by atoms with Gasteiger partial charge in [-0.25, -0.2) is 14.1 Å². The van der Waals surface area contributed by atoms with Crippen LogP contribution >= 0.6 is 0 Å². The van der Waals surface area contributed by atoms with E-state index in [0.29, 0.717) is 34.9 Å². The number of halogens is 1. The van der Waals surface area contributed by atoms with Gasteiger partial charge in [-0.05, 0) is 24.6 Å². The molecule has 0 spiro atoms. The summed E-state index contributed by atoms with van der Waals surface area (Å²) in [5.74, 6) is -0.471. The van der Waals surface area contributed by atoms with Crippen LogP contribution in [-0.4, -0.2) is 32.8 Å². The van der Waals surface area contributed by atoms with Crippen LogP contribution < -0.4 is 5.48 Å². The van der Waals surface area contributed by atoms with Gasteiger partial charge in [-0.2, -0.15) is 5.10 Å². The van der Waals surface area contributed by atoms with Crippen LogP contribution in [0.3, 0.4) is 0 Å². The van der Waals surface area contributed by atoms with E-state index in [1.165, 1.54) is 18.5 Å². The van der Waals surface area contributed by atoms with Crippen molar-refractivity contribution in [2.24, 2.45) is 4.99 Å². The van der Waals surface area contributed by atoms with Crippen LogP contribution in [0.25, 0.3) is 0 Å². The van der Waals surface area contributed by atoms with Crippen molar-refractivity contribution in [3.8, 4) is 0 Å². The van der Waals surface area contributed by atoms with Crippen molar-refractivity contribution < 1.29 is 14.0 Å². The molecule has 29 heavy (non-hydrogen) atoms. The summed E-state index contributed by atoms with van der Waals surface area (Å²) in [5, 5.41) is 4.31. The van der Waals surface area contributed by atoms with Crippen molar-refractivity contribution in [1.82, 2.24) is 14.8 Å². The molecular weight excluding hydrogens is 373 g/mol. The van der Waals surface area contributed by atoms with Crippen molar-refractivity contribution >= 4 is 17.2 Å². The molecule has 7 nitrogen and oxygen atoms in total. The van der Waals surface area contributed by atoms with E-state index in [9.17, 15) is 9.18 Å². The van der Waals surface area contributed by atoms with Gasteiger partial charge in [0.15, 0.2) is 5.78 Å². The summed E-state index contributed by atoms with van der Waals surface area (Å²) in [6.07, 6.45) is 1.00. The van der Waals surface area contributed by atoms with Crippen LogP contribution in [0.5, 0.6) is 0 Å². The summed E-state index contributed by atoms with van der Waals surface area (Å²) in [4.78, 5) is 27.6. The Labute approximate surface area is 166 Å². The molecule has 1 aromatic heterocycles. The number of aliphatic imine (C=N–C) groups is 1. The molecule has 8 heteroatoms. The molecule has 2 aliphatic heterocycles. The average molecular weight is 391 g/mol. The molecule has 2 atom stereocenters. The summed E-state index contributed by atoms with van der Waals surface area (Å²) >= 11 is 0. The van der Waals surface area contributed by atoms with Crippen molar-refractivity contribution in [3.05, 3.63) is 77.1 Å². The fourth-order valence-corrected chi connectivity index (χ4v) is 4.02. The molecular formula is C21H18FN5O2. The lowest BCUT2D eigenvalue weighted by Crippen LogP contribution is -2.29. The SMILES string of the molecule is CCn1ncnc1C1C2=NCC(=O)c3cc(F)cc(c32)NOC1c1ccccc1. The van der Waals surface area contributed by atoms with Gasteiger partial charge in [-0.3, -0.25) is 20.1 Å². The first kappa shape index (κ1) is 17.7. The van der Waals surface area contributed by atoms with E-state index in [-0.39, 0.29) is 12.3 Å². The lowest BCUT2D eigenvalue weighted by molar-refractivity contribution is 0.0918. The lowest BCUT2D eigenvalue weighted by Gasteiger charge is -2.27. The Morgan fingerprint density at radius 3 is 2.90 bits per heavy atom. The largest absolute Gasteiger partial charge is 0.292 e. The maximum Gasteiger partial charge on any atom is 0.185 e. The van der Waals surface area contributed by atoms with Gasteiger partial charge in [0, 0.05) is 17.7 Å². The number of rotatable bonds is 3. The Bertz CT molecular complexity index is 1130. The van der Waals surface area contributed by atoms with Crippen LogP contribution in [0.1, 0.15) is 46.3 Å². The summed E-state index contributed by atoms with van der Waals surface area (Å²) in [6, 6.07) is 12.3. The van der Waals surface area contributed by atoms with Crippen molar-refractivity contribution in [1.29, 1.82) is 0 Å². The second kappa shape index (κ2) is 6.89. The molecule has 3 heterocycles. The first-order valence-electron chi connectivity index (χ1n) is 9.43. The van der Waals surface area contributed by atoms with E-state index in [4.69, 9.17) is 4.84 Å². The van der Waals surface area contributed by atoms with E-state index in [0.717, 1.165) is 5.56 Å². The van der Waals surface area contributed by atoms with Gasteiger partial charge in [0.2, 0.25) is 0 Å². The molecule has 5 rings (SSSR count). The Morgan fingerprint density at radius 1 is 1.28 bits per heavy atom. The molecule has 0 amide bonds. The minimum Gasteiger partial charge on any atom is -0.292 e. The predicted molar refractivity (Wildman–Crippen MR) is 104 cm³/mol. The molecule has 0 aliphatic carbocycles. The molecule has 2 aliphatic rings. The zero-order valence-corrected chi connectivity index (χ0v) is 15.7. The Hall–Kier alpha value is -3.39. The Morgan fingerprint density at radius 2 is 2.10 bits per heavy atom. The fraction of sp³-hybridized carbons (Fsp3) is 0.238. The Kier molecular flexibility index (Phi) is 4.21. The number of hydrogen-bond donors (Lipinski definition) is 1. The third-order valence-corrected chi connectivity index (χ3v) is 5.30. The molecule has 146 valence electrons. The van der Waals surface area contributed by atoms with E-state index in [2.05, 4.69) is 20.6 Å². The summed E-state index contributed by atoms with van der Waals surface area (Å²) < 4.78 is 16.0. The van der Waals surface area contributed by atoms with E-state index in [1.807, 2.05) is 37.3 Å². The van der Waals surface area contributed by atoms with Gasteiger partial charge in [-0.1, -0.05) is 30.3 Å². The molecule has 0 fully saturated rings. The number of aromatic nitrogens is 3. The van der Waals surface area contributed by atoms with Gasteiger partial charge in [0.1, 0.15) is 30.6 Å². The molecule has 0 radical (unpaired) electrons. The number of ketones is 1. The van der Waals surface area contributed by atoms with Crippen LogP contribution in [0.4, 0.5) is 10.1 Å². The lowest BCUT2D eigenvalue weighted by atomic mass is 9.83. The van der Waals surface area contributed by atoms with Crippen LogP contribution in [-0.2, 0) is 11.4 Å². The third-order valence-electron chi connectivity index (χ3n) is 5.30.